The molecule has 56 valence electrons. The average Bonchev–Trinajstić information content (AvgIpc) is 1.64. The molecule has 9 heavy (non-hydrogen) atoms. The van der Waals surface area contributed by atoms with Crippen LogP contribution in [0.3, 0.4) is 0 Å². The molecule has 0 aromatic carbocycles. The zero-order valence-corrected chi connectivity index (χ0v) is 8.14. The van der Waals surface area contributed by atoms with E-state index in [1.54, 1.807) is 13.8 Å². The number of rotatable bonds is 4. The zero-order valence-electron chi connectivity index (χ0n) is 5.53. The van der Waals surface area contributed by atoms with Gasteiger partial charge < -0.3 is 0 Å². The van der Waals surface area contributed by atoms with Crippen molar-refractivity contribution < 1.29 is 13.9 Å². The Balaban J connectivity index is 3.58. The van der Waals surface area contributed by atoms with Gasteiger partial charge in [0.2, 0.25) is 0 Å². The Hall–Kier alpha value is 0.829. The second kappa shape index (κ2) is 4.62. The van der Waals surface area contributed by atoms with Crippen molar-refractivity contribution in [3.8, 4) is 0 Å². The molecule has 0 aliphatic heterocycles. The fraction of sp³-hybridized carbons (Fsp3) is 1.00. The van der Waals surface area contributed by atoms with Crippen molar-refractivity contribution in [1.82, 2.24) is 0 Å². The Labute approximate surface area is 62.8 Å². The van der Waals surface area contributed by atoms with Gasteiger partial charge in [-0.25, -0.2) is 0 Å². The van der Waals surface area contributed by atoms with Crippen molar-refractivity contribution in [3.05, 3.63) is 0 Å². The number of hydrogen-bond donors (Lipinski definition) is 1. The van der Waals surface area contributed by atoms with E-state index in [0.29, 0.717) is 13.2 Å². The Morgan fingerprint density at radius 2 is 1.67 bits per heavy atom. The van der Waals surface area contributed by atoms with E-state index < -0.39 is 6.19 Å². The standard InChI is InChI=1S/C4H11O3PSe/c1-3-6-8(5,9)7-4-2/h3-4H2,1-2H3,(H,5,9). The third-order valence-corrected chi connectivity index (χ3v) is 3.08. The van der Waals surface area contributed by atoms with Crippen molar-refractivity contribution >= 4 is 21.3 Å². The van der Waals surface area contributed by atoms with E-state index in [4.69, 9.17) is 13.9 Å². The van der Waals surface area contributed by atoms with Crippen LogP contribution in [-0.2, 0) is 9.05 Å². The molecule has 0 aliphatic rings. The molecule has 0 aromatic rings. The predicted molar refractivity (Wildman–Crippen MR) is 38.1 cm³/mol. The molecule has 3 nitrogen and oxygen atoms in total. The molecule has 0 amide bonds. The van der Waals surface area contributed by atoms with E-state index in [-0.39, 0.29) is 0 Å². The van der Waals surface area contributed by atoms with Gasteiger partial charge in [-0.05, 0) is 0 Å². The summed E-state index contributed by atoms with van der Waals surface area (Å²) in [5, 5.41) is 0. The number of hydrogen-bond acceptors (Lipinski definition) is 3. The van der Waals surface area contributed by atoms with Crippen LogP contribution in [0.15, 0.2) is 0 Å². The predicted octanol–water partition coefficient (Wildman–Crippen LogP) is 0.898. The third-order valence-electron chi connectivity index (χ3n) is 0.584. The van der Waals surface area contributed by atoms with Crippen LogP contribution in [0.2, 0.25) is 0 Å². The minimum atomic E-state index is -2.57. The van der Waals surface area contributed by atoms with Crippen LogP contribution in [0.1, 0.15) is 13.8 Å². The van der Waals surface area contributed by atoms with Crippen molar-refractivity contribution in [3.63, 3.8) is 0 Å². The third kappa shape index (κ3) is 5.28. The van der Waals surface area contributed by atoms with Gasteiger partial charge in [-0.1, -0.05) is 0 Å². The summed E-state index contributed by atoms with van der Waals surface area (Å²) in [5.41, 5.74) is 0. The molecular formula is C4H11O3PSe. The summed E-state index contributed by atoms with van der Waals surface area (Å²) < 4.78 is 9.72. The summed E-state index contributed by atoms with van der Waals surface area (Å²) in [4.78, 5) is 9.13. The van der Waals surface area contributed by atoms with Gasteiger partial charge in [-0.3, -0.25) is 0 Å². The van der Waals surface area contributed by atoms with Crippen molar-refractivity contribution in [2.45, 2.75) is 13.8 Å². The molecule has 0 saturated carbocycles. The van der Waals surface area contributed by atoms with Crippen LogP contribution in [0.4, 0.5) is 0 Å². The molecule has 0 heterocycles. The summed E-state index contributed by atoms with van der Waals surface area (Å²) >= 11 is 2.48. The topological polar surface area (TPSA) is 38.7 Å². The maximum atomic E-state index is 9.13. The van der Waals surface area contributed by atoms with Crippen molar-refractivity contribution in [2.24, 2.45) is 0 Å². The molecule has 0 rings (SSSR count). The molecule has 0 bridgehead atoms. The van der Waals surface area contributed by atoms with E-state index in [0.717, 1.165) is 0 Å². The van der Waals surface area contributed by atoms with E-state index >= 15 is 0 Å². The second-order valence-corrected chi connectivity index (χ2v) is 5.66. The van der Waals surface area contributed by atoms with E-state index in [9.17, 15) is 0 Å². The summed E-state index contributed by atoms with van der Waals surface area (Å²) in [6.45, 7) is 4.55. The molecule has 0 aromatic heterocycles. The fourth-order valence-corrected chi connectivity index (χ4v) is 2.42. The Bertz CT molecular complexity index is 106. The average molecular weight is 217 g/mol. The van der Waals surface area contributed by atoms with Gasteiger partial charge in [0, 0.05) is 0 Å². The fourth-order valence-electron chi connectivity index (χ4n) is 0.364. The van der Waals surface area contributed by atoms with Gasteiger partial charge in [0.15, 0.2) is 0 Å². The molecule has 5 heteroatoms. The van der Waals surface area contributed by atoms with Crippen molar-refractivity contribution in [2.75, 3.05) is 13.2 Å². The molecule has 0 radical (unpaired) electrons. The van der Waals surface area contributed by atoms with Crippen LogP contribution in [0.5, 0.6) is 0 Å². The first kappa shape index (κ1) is 9.83. The van der Waals surface area contributed by atoms with E-state index in [2.05, 4.69) is 15.1 Å². The monoisotopic (exact) mass is 218 g/mol. The zero-order chi connectivity index (χ0) is 7.33. The van der Waals surface area contributed by atoms with Crippen LogP contribution < -0.4 is 0 Å². The first-order chi connectivity index (χ1) is 4.12. The van der Waals surface area contributed by atoms with Gasteiger partial charge in [0.25, 0.3) is 0 Å². The maximum absolute atomic E-state index is 9.13. The van der Waals surface area contributed by atoms with Crippen LogP contribution in [-0.4, -0.2) is 33.2 Å². The molecule has 0 saturated heterocycles. The van der Waals surface area contributed by atoms with Gasteiger partial charge in [0.1, 0.15) is 0 Å². The summed E-state index contributed by atoms with van der Waals surface area (Å²) in [6, 6.07) is 0. The molecule has 0 unspecified atom stereocenters. The quantitative estimate of drug-likeness (QED) is 0.561. The van der Waals surface area contributed by atoms with E-state index in [1.807, 2.05) is 0 Å². The van der Waals surface area contributed by atoms with Crippen LogP contribution in [0, 0.1) is 0 Å². The summed E-state index contributed by atoms with van der Waals surface area (Å²) in [5.74, 6) is 0. The molecule has 0 atom stereocenters. The van der Waals surface area contributed by atoms with Gasteiger partial charge in [-0.15, -0.1) is 0 Å². The van der Waals surface area contributed by atoms with Crippen LogP contribution >= 0.6 is 6.19 Å². The molecule has 1 N–H and O–H groups in total. The van der Waals surface area contributed by atoms with Gasteiger partial charge in [-0.2, -0.15) is 0 Å². The summed E-state index contributed by atoms with van der Waals surface area (Å²) in [7, 11) is 0. The van der Waals surface area contributed by atoms with Crippen molar-refractivity contribution in [1.29, 1.82) is 0 Å². The normalized spacial score (nSPS) is 11.9. The van der Waals surface area contributed by atoms with E-state index in [1.165, 1.54) is 0 Å². The van der Waals surface area contributed by atoms with Gasteiger partial charge in [0.05, 0.1) is 0 Å². The SMILES string of the molecule is CCOP(O)(=[Se])OCC. The first-order valence-corrected chi connectivity index (χ1v) is 6.53. The Kier molecular flexibility index (Phi) is 5.04. The minimum absolute atomic E-state index is 0.470. The first-order valence-electron chi connectivity index (χ1n) is 2.74. The van der Waals surface area contributed by atoms with Gasteiger partial charge >= 0.3 is 62.3 Å². The Morgan fingerprint density at radius 3 is 1.89 bits per heavy atom. The Morgan fingerprint density at radius 1 is 1.33 bits per heavy atom. The second-order valence-electron chi connectivity index (χ2n) is 1.30. The molecule has 0 aliphatic carbocycles. The van der Waals surface area contributed by atoms with Crippen LogP contribution in [0.25, 0.3) is 0 Å². The molecule has 0 fully saturated rings. The summed E-state index contributed by atoms with van der Waals surface area (Å²) in [6.07, 6.45) is -2.57. The molecular weight excluding hydrogens is 206 g/mol. The molecule has 0 spiro atoms.